The van der Waals surface area contributed by atoms with E-state index in [4.69, 9.17) is 5.11 Å². The van der Waals surface area contributed by atoms with Crippen LogP contribution in [-0.2, 0) is 4.79 Å². The number of halogens is 4. The molecule has 19 heavy (non-hydrogen) atoms. The van der Waals surface area contributed by atoms with Crippen LogP contribution in [0.1, 0.15) is 5.56 Å². The summed E-state index contributed by atoms with van der Waals surface area (Å²) in [4.78, 5) is 11.5. The van der Waals surface area contributed by atoms with Crippen LogP contribution < -0.4 is 4.90 Å². The highest BCUT2D eigenvalue weighted by Gasteiger charge is 2.29. The Morgan fingerprint density at radius 3 is 2.63 bits per heavy atom. The van der Waals surface area contributed by atoms with Gasteiger partial charge in [-0.1, -0.05) is 15.9 Å². The lowest BCUT2D eigenvalue weighted by atomic mass is 10.1. The van der Waals surface area contributed by atoms with Crippen molar-refractivity contribution < 1.29 is 23.1 Å². The van der Waals surface area contributed by atoms with Gasteiger partial charge in [-0.25, -0.2) is 4.79 Å². The SMILES string of the molecule is CN(CC(F)(F)F)c1ccc(Br)cc1/C=C/C(=O)O. The zero-order chi connectivity index (χ0) is 14.6. The second-order valence-electron chi connectivity index (χ2n) is 3.85. The highest BCUT2D eigenvalue weighted by atomic mass is 79.9. The van der Waals surface area contributed by atoms with Crippen LogP contribution in [0.2, 0.25) is 0 Å². The number of hydrogen-bond donors (Lipinski definition) is 1. The zero-order valence-electron chi connectivity index (χ0n) is 9.91. The molecule has 0 bridgehead atoms. The number of hydrogen-bond acceptors (Lipinski definition) is 2. The molecule has 1 N–H and O–H groups in total. The molecule has 1 rings (SSSR count). The Morgan fingerprint density at radius 2 is 2.11 bits per heavy atom. The van der Waals surface area contributed by atoms with Gasteiger partial charge in [0.05, 0.1) is 0 Å². The Labute approximate surface area is 116 Å². The van der Waals surface area contributed by atoms with E-state index in [1.807, 2.05) is 0 Å². The first-order chi connectivity index (χ1) is 8.69. The first-order valence-corrected chi connectivity index (χ1v) is 5.97. The normalized spacial score (nSPS) is 11.8. The van der Waals surface area contributed by atoms with Crippen LogP contribution >= 0.6 is 15.9 Å². The van der Waals surface area contributed by atoms with Gasteiger partial charge in [-0.2, -0.15) is 13.2 Å². The molecule has 0 saturated carbocycles. The van der Waals surface area contributed by atoms with Crippen molar-refractivity contribution in [2.24, 2.45) is 0 Å². The van der Waals surface area contributed by atoms with E-state index < -0.39 is 18.7 Å². The van der Waals surface area contributed by atoms with Crippen molar-refractivity contribution in [2.75, 3.05) is 18.5 Å². The number of alkyl halides is 3. The molecule has 0 saturated heterocycles. The van der Waals surface area contributed by atoms with Gasteiger partial charge in [0.1, 0.15) is 6.54 Å². The minimum absolute atomic E-state index is 0.304. The molecule has 1 aromatic carbocycles. The van der Waals surface area contributed by atoms with Gasteiger partial charge >= 0.3 is 12.1 Å². The Bertz CT molecular complexity index is 500. The van der Waals surface area contributed by atoms with Crippen LogP contribution in [0.25, 0.3) is 6.08 Å². The molecule has 0 radical (unpaired) electrons. The lowest BCUT2D eigenvalue weighted by Crippen LogP contribution is -2.31. The van der Waals surface area contributed by atoms with E-state index in [1.54, 1.807) is 12.1 Å². The molecule has 0 unspecified atom stereocenters. The number of carbonyl (C=O) groups is 1. The summed E-state index contributed by atoms with van der Waals surface area (Å²) < 4.78 is 37.7. The summed E-state index contributed by atoms with van der Waals surface area (Å²) in [6, 6.07) is 4.65. The summed E-state index contributed by atoms with van der Waals surface area (Å²) in [6.45, 7) is -1.11. The van der Waals surface area contributed by atoms with Gasteiger partial charge < -0.3 is 10.0 Å². The molecule has 0 spiro atoms. The average Bonchev–Trinajstić information content (AvgIpc) is 2.23. The number of nitrogens with zero attached hydrogens (tertiary/aromatic N) is 1. The quantitative estimate of drug-likeness (QED) is 0.854. The van der Waals surface area contributed by atoms with Crippen molar-refractivity contribution in [2.45, 2.75) is 6.18 Å². The van der Waals surface area contributed by atoms with E-state index in [9.17, 15) is 18.0 Å². The van der Waals surface area contributed by atoms with Gasteiger partial charge in [-0.3, -0.25) is 0 Å². The first-order valence-electron chi connectivity index (χ1n) is 5.17. The van der Waals surface area contributed by atoms with Gasteiger partial charge in [0, 0.05) is 23.3 Å². The molecular formula is C12H11BrF3NO2. The van der Waals surface area contributed by atoms with Crippen molar-refractivity contribution in [3.05, 3.63) is 34.3 Å². The smallest absolute Gasteiger partial charge is 0.405 e. The van der Waals surface area contributed by atoms with Gasteiger partial charge in [-0.15, -0.1) is 0 Å². The van der Waals surface area contributed by atoms with Crippen LogP contribution in [0.15, 0.2) is 28.7 Å². The second kappa shape index (κ2) is 6.10. The van der Waals surface area contributed by atoms with Crippen LogP contribution in [-0.4, -0.2) is 30.8 Å². The number of carboxylic acid groups (broad SMARTS) is 1. The fourth-order valence-electron chi connectivity index (χ4n) is 1.52. The standard InChI is InChI=1S/C12H11BrF3NO2/c1-17(7-12(14,15)16)10-4-3-9(13)6-8(10)2-5-11(18)19/h2-6H,7H2,1H3,(H,18,19)/b5-2+. The predicted molar refractivity (Wildman–Crippen MR) is 70.1 cm³/mol. The van der Waals surface area contributed by atoms with E-state index in [0.717, 1.165) is 11.0 Å². The lowest BCUT2D eigenvalue weighted by Gasteiger charge is -2.23. The number of benzene rings is 1. The summed E-state index contributed by atoms with van der Waals surface area (Å²) in [6.07, 6.45) is -2.18. The Morgan fingerprint density at radius 1 is 1.47 bits per heavy atom. The molecule has 1 aromatic rings. The molecule has 0 aliphatic rings. The van der Waals surface area contributed by atoms with Crippen LogP contribution in [0.5, 0.6) is 0 Å². The number of rotatable bonds is 4. The van der Waals surface area contributed by atoms with Crippen LogP contribution in [0.3, 0.4) is 0 Å². The zero-order valence-corrected chi connectivity index (χ0v) is 11.5. The highest BCUT2D eigenvalue weighted by Crippen LogP contribution is 2.27. The first kappa shape index (κ1) is 15.6. The van der Waals surface area contributed by atoms with E-state index in [-0.39, 0.29) is 0 Å². The molecule has 0 heterocycles. The van der Waals surface area contributed by atoms with Gasteiger partial charge in [-0.05, 0) is 29.8 Å². The van der Waals surface area contributed by atoms with Crippen molar-refractivity contribution >= 4 is 33.7 Å². The van der Waals surface area contributed by atoms with E-state index in [1.165, 1.54) is 19.2 Å². The molecular weight excluding hydrogens is 327 g/mol. The third-order valence-corrected chi connectivity index (χ3v) is 2.72. The fraction of sp³-hybridized carbons (Fsp3) is 0.250. The van der Waals surface area contributed by atoms with Gasteiger partial charge in [0.2, 0.25) is 0 Å². The Balaban J connectivity index is 3.09. The Hall–Kier alpha value is -1.50. The van der Waals surface area contributed by atoms with Crippen LogP contribution in [0, 0.1) is 0 Å². The minimum atomic E-state index is -4.32. The van der Waals surface area contributed by atoms with Crippen molar-refractivity contribution in [1.82, 2.24) is 0 Å². The monoisotopic (exact) mass is 337 g/mol. The van der Waals surface area contributed by atoms with E-state index in [0.29, 0.717) is 15.7 Å². The summed E-state index contributed by atoms with van der Waals surface area (Å²) >= 11 is 3.19. The largest absolute Gasteiger partial charge is 0.478 e. The Kier molecular flexibility index (Phi) is 4.99. The third kappa shape index (κ3) is 5.34. The van der Waals surface area contributed by atoms with Gasteiger partial charge in [0.15, 0.2) is 0 Å². The van der Waals surface area contributed by atoms with E-state index in [2.05, 4.69) is 15.9 Å². The average molecular weight is 338 g/mol. The third-order valence-electron chi connectivity index (χ3n) is 2.22. The van der Waals surface area contributed by atoms with Crippen molar-refractivity contribution in [3.8, 4) is 0 Å². The van der Waals surface area contributed by atoms with E-state index >= 15 is 0 Å². The molecule has 3 nitrogen and oxygen atoms in total. The van der Waals surface area contributed by atoms with Crippen molar-refractivity contribution in [3.63, 3.8) is 0 Å². The molecule has 0 aliphatic carbocycles. The second-order valence-corrected chi connectivity index (χ2v) is 4.76. The molecule has 0 amide bonds. The molecule has 0 atom stereocenters. The molecule has 7 heteroatoms. The maximum Gasteiger partial charge on any atom is 0.405 e. The maximum atomic E-state index is 12.4. The maximum absolute atomic E-state index is 12.4. The van der Waals surface area contributed by atoms with Crippen LogP contribution in [0.4, 0.5) is 18.9 Å². The molecule has 0 fully saturated rings. The summed E-state index contributed by atoms with van der Waals surface area (Å²) in [5.74, 6) is -1.16. The highest BCUT2D eigenvalue weighted by molar-refractivity contribution is 9.10. The topological polar surface area (TPSA) is 40.5 Å². The summed E-state index contributed by atoms with van der Waals surface area (Å²) in [7, 11) is 1.30. The lowest BCUT2D eigenvalue weighted by molar-refractivity contribution is -0.131. The molecule has 104 valence electrons. The summed E-state index contributed by atoms with van der Waals surface area (Å²) in [5.41, 5.74) is 0.696. The fourth-order valence-corrected chi connectivity index (χ4v) is 1.90. The molecule has 0 aliphatic heterocycles. The number of aliphatic carboxylic acids is 1. The number of anilines is 1. The molecule has 0 aromatic heterocycles. The predicted octanol–water partition coefficient (Wildman–Crippen LogP) is 3.55. The minimum Gasteiger partial charge on any atom is -0.478 e. The number of carboxylic acids is 1. The summed E-state index contributed by atoms with van der Waals surface area (Å²) in [5, 5.41) is 8.57. The van der Waals surface area contributed by atoms with Gasteiger partial charge in [0.25, 0.3) is 0 Å². The van der Waals surface area contributed by atoms with Crippen molar-refractivity contribution in [1.29, 1.82) is 0 Å².